The lowest BCUT2D eigenvalue weighted by Crippen LogP contribution is -2.43. The quantitative estimate of drug-likeness (QED) is 0.744. The molecule has 28 heavy (non-hydrogen) atoms. The molecular formula is C19H19Cl2F2N3O2. The van der Waals surface area contributed by atoms with Crippen molar-refractivity contribution in [2.24, 2.45) is 0 Å². The van der Waals surface area contributed by atoms with Gasteiger partial charge in [-0.2, -0.15) is 13.9 Å². The normalized spacial score (nSPS) is 23.7. The first-order valence-electron chi connectivity index (χ1n) is 9.08. The first-order valence-corrected chi connectivity index (χ1v) is 9.84. The minimum absolute atomic E-state index is 0.00740. The molecular weight excluding hydrogens is 411 g/mol. The molecule has 3 heterocycles. The van der Waals surface area contributed by atoms with Crippen molar-refractivity contribution in [1.29, 1.82) is 0 Å². The lowest BCUT2D eigenvalue weighted by molar-refractivity contribution is -0.0252. The van der Waals surface area contributed by atoms with Crippen LogP contribution in [0.2, 0.25) is 10.0 Å². The zero-order valence-corrected chi connectivity index (χ0v) is 16.6. The van der Waals surface area contributed by atoms with Gasteiger partial charge in [-0.1, -0.05) is 23.2 Å². The molecule has 150 valence electrons. The van der Waals surface area contributed by atoms with E-state index < -0.39 is 18.4 Å². The van der Waals surface area contributed by atoms with Gasteiger partial charge in [0, 0.05) is 30.0 Å². The van der Waals surface area contributed by atoms with E-state index in [2.05, 4.69) is 5.10 Å². The Balaban J connectivity index is 1.71. The monoisotopic (exact) mass is 429 g/mol. The van der Waals surface area contributed by atoms with E-state index in [9.17, 15) is 18.7 Å². The average Bonchev–Trinajstić information content (AvgIpc) is 2.93. The summed E-state index contributed by atoms with van der Waals surface area (Å²) in [5, 5.41) is 14.9. The zero-order valence-electron chi connectivity index (χ0n) is 15.1. The lowest BCUT2D eigenvalue weighted by Gasteiger charge is -2.34. The molecule has 0 radical (unpaired) electrons. The molecule has 2 atom stereocenters. The van der Waals surface area contributed by atoms with Crippen LogP contribution in [0.3, 0.4) is 0 Å². The number of carbonyl (C=O) groups excluding carboxylic acids is 1. The number of rotatable bonds is 1. The molecule has 0 aliphatic carbocycles. The van der Waals surface area contributed by atoms with E-state index in [1.165, 1.54) is 10.7 Å². The van der Waals surface area contributed by atoms with Crippen LogP contribution >= 0.6 is 23.2 Å². The van der Waals surface area contributed by atoms with E-state index in [1.807, 2.05) is 6.92 Å². The summed E-state index contributed by atoms with van der Waals surface area (Å²) in [6, 6.07) is 4.38. The molecule has 1 aromatic carbocycles. The van der Waals surface area contributed by atoms with Crippen LogP contribution < -0.4 is 0 Å². The molecule has 1 aromatic heterocycles. The number of benzene rings is 1. The summed E-state index contributed by atoms with van der Waals surface area (Å²) in [7, 11) is 0. The van der Waals surface area contributed by atoms with Gasteiger partial charge >= 0.3 is 0 Å². The first-order chi connectivity index (χ1) is 13.2. The Bertz CT molecular complexity index is 948. The summed E-state index contributed by atoms with van der Waals surface area (Å²) in [5.41, 5.74) is 1.11. The highest BCUT2D eigenvalue weighted by atomic mass is 35.5. The predicted octanol–water partition coefficient (Wildman–Crippen LogP) is 4.02. The molecule has 2 aliphatic rings. The van der Waals surface area contributed by atoms with E-state index in [-0.39, 0.29) is 42.2 Å². The minimum atomic E-state index is -3.10. The minimum Gasteiger partial charge on any atom is -0.391 e. The summed E-state index contributed by atoms with van der Waals surface area (Å²) in [5.74, 6) is -3.40. The highest BCUT2D eigenvalue weighted by Crippen LogP contribution is 2.41. The number of aliphatic hydroxyl groups excluding tert-OH is 1. The summed E-state index contributed by atoms with van der Waals surface area (Å²) in [6.45, 7) is 1.93. The summed E-state index contributed by atoms with van der Waals surface area (Å²) in [4.78, 5) is 14.6. The van der Waals surface area contributed by atoms with Crippen LogP contribution in [-0.2, 0) is 25.4 Å². The largest absolute Gasteiger partial charge is 0.391 e. The average molecular weight is 430 g/mol. The van der Waals surface area contributed by atoms with Crippen LogP contribution in [0, 0.1) is 0 Å². The molecule has 0 saturated heterocycles. The van der Waals surface area contributed by atoms with Crippen molar-refractivity contribution >= 4 is 29.1 Å². The number of alkyl halides is 2. The number of aliphatic hydroxyl groups is 1. The molecule has 0 bridgehead atoms. The third-order valence-corrected chi connectivity index (χ3v) is 6.17. The van der Waals surface area contributed by atoms with Gasteiger partial charge in [0.25, 0.3) is 11.8 Å². The van der Waals surface area contributed by atoms with Crippen molar-refractivity contribution in [1.82, 2.24) is 14.7 Å². The molecule has 1 amide bonds. The van der Waals surface area contributed by atoms with Gasteiger partial charge in [-0.3, -0.25) is 9.48 Å². The highest BCUT2D eigenvalue weighted by Gasteiger charge is 2.44. The Morgan fingerprint density at radius 1 is 1.32 bits per heavy atom. The van der Waals surface area contributed by atoms with E-state index >= 15 is 0 Å². The maximum atomic E-state index is 14.8. The molecule has 9 heteroatoms. The van der Waals surface area contributed by atoms with Crippen LogP contribution in [0.4, 0.5) is 8.78 Å². The van der Waals surface area contributed by atoms with Crippen molar-refractivity contribution in [3.05, 3.63) is 50.8 Å². The first kappa shape index (κ1) is 19.6. The summed E-state index contributed by atoms with van der Waals surface area (Å²) < 4.78 is 30.8. The van der Waals surface area contributed by atoms with Gasteiger partial charge < -0.3 is 10.0 Å². The van der Waals surface area contributed by atoms with Crippen molar-refractivity contribution in [2.75, 3.05) is 0 Å². The molecule has 0 saturated carbocycles. The number of nitrogens with zero attached hydrogens (tertiary/aromatic N) is 3. The van der Waals surface area contributed by atoms with Gasteiger partial charge in [-0.05, 0) is 31.5 Å². The van der Waals surface area contributed by atoms with Crippen LogP contribution in [0.1, 0.15) is 47.1 Å². The van der Waals surface area contributed by atoms with E-state index in [0.29, 0.717) is 28.3 Å². The Morgan fingerprint density at radius 2 is 2.07 bits per heavy atom. The molecule has 2 aromatic rings. The van der Waals surface area contributed by atoms with Crippen molar-refractivity contribution < 1.29 is 18.7 Å². The fourth-order valence-corrected chi connectivity index (χ4v) is 4.26. The maximum absolute atomic E-state index is 14.8. The van der Waals surface area contributed by atoms with Crippen LogP contribution in [-0.4, -0.2) is 37.8 Å². The van der Waals surface area contributed by atoms with Gasteiger partial charge in [0.05, 0.1) is 34.9 Å². The fourth-order valence-electron chi connectivity index (χ4n) is 3.96. The third kappa shape index (κ3) is 3.29. The summed E-state index contributed by atoms with van der Waals surface area (Å²) in [6.07, 6.45) is -0.926. The second-order valence-electron chi connectivity index (χ2n) is 7.47. The van der Waals surface area contributed by atoms with Crippen molar-refractivity contribution in [3.8, 4) is 0 Å². The summed E-state index contributed by atoms with van der Waals surface area (Å²) >= 11 is 11.9. The topological polar surface area (TPSA) is 58.4 Å². The number of hydrogen-bond acceptors (Lipinski definition) is 3. The Labute approximate surface area is 170 Å². The molecule has 0 fully saturated rings. The number of hydrogen-bond donors (Lipinski definition) is 1. The number of aromatic nitrogens is 2. The lowest BCUT2D eigenvalue weighted by atomic mass is 9.95. The van der Waals surface area contributed by atoms with Crippen molar-refractivity contribution in [3.63, 3.8) is 0 Å². The number of fused-ring (bicyclic) bond motifs is 3. The van der Waals surface area contributed by atoms with Crippen LogP contribution in [0.15, 0.2) is 18.2 Å². The molecule has 2 aliphatic heterocycles. The second kappa shape index (κ2) is 6.97. The van der Waals surface area contributed by atoms with Gasteiger partial charge in [0.15, 0.2) is 0 Å². The molecule has 4 rings (SSSR count). The SMILES string of the molecule is C[C@@H]1Cc2nn3c(c2CN1C(=O)c1ccc(Cl)c(Cl)c1)C(F)(F)CC[C@@H](O)C3. The fraction of sp³-hybridized carbons (Fsp3) is 0.474. The zero-order chi connectivity index (χ0) is 20.2. The van der Waals surface area contributed by atoms with E-state index in [0.717, 1.165) is 0 Å². The van der Waals surface area contributed by atoms with Crippen molar-refractivity contribution in [2.45, 2.75) is 57.3 Å². The van der Waals surface area contributed by atoms with Gasteiger partial charge in [-0.25, -0.2) is 0 Å². The number of carbonyl (C=O) groups is 1. The molecule has 1 N–H and O–H groups in total. The Kier molecular flexibility index (Phi) is 4.88. The standard InChI is InChI=1S/C19H19Cl2F2N3O2/c1-10-6-16-13(17-19(22,23)5-4-12(27)8-26(17)24-16)9-25(10)18(28)11-2-3-14(20)15(21)7-11/h2-3,7,10,12,27H,4-6,8-9H2,1H3/t10-,12-/m1/s1. The second-order valence-corrected chi connectivity index (χ2v) is 8.28. The molecule has 5 nitrogen and oxygen atoms in total. The van der Waals surface area contributed by atoms with Crippen LogP contribution in [0.25, 0.3) is 0 Å². The maximum Gasteiger partial charge on any atom is 0.289 e. The van der Waals surface area contributed by atoms with Gasteiger partial charge in [0.2, 0.25) is 0 Å². The predicted molar refractivity (Wildman–Crippen MR) is 101 cm³/mol. The Morgan fingerprint density at radius 3 is 2.79 bits per heavy atom. The van der Waals surface area contributed by atoms with E-state index in [4.69, 9.17) is 23.2 Å². The van der Waals surface area contributed by atoms with Gasteiger partial charge in [-0.15, -0.1) is 0 Å². The highest BCUT2D eigenvalue weighted by molar-refractivity contribution is 6.42. The molecule has 0 spiro atoms. The Hall–Kier alpha value is -1.70. The molecule has 0 unspecified atom stereocenters. The van der Waals surface area contributed by atoms with Crippen LogP contribution in [0.5, 0.6) is 0 Å². The number of amides is 1. The smallest absolute Gasteiger partial charge is 0.289 e. The van der Waals surface area contributed by atoms with Gasteiger partial charge in [0.1, 0.15) is 5.69 Å². The number of halogens is 4. The van der Waals surface area contributed by atoms with E-state index in [1.54, 1.807) is 17.0 Å². The third-order valence-electron chi connectivity index (χ3n) is 5.43.